The summed E-state index contributed by atoms with van der Waals surface area (Å²) in [6.07, 6.45) is 6.30. The normalized spacial score (nSPS) is 19.2. The first-order valence-corrected chi connectivity index (χ1v) is 9.54. The van der Waals surface area contributed by atoms with Gasteiger partial charge in [-0.05, 0) is 55.3 Å². The number of piperidine rings is 1. The van der Waals surface area contributed by atoms with Crippen LogP contribution in [0.3, 0.4) is 0 Å². The van der Waals surface area contributed by atoms with Crippen LogP contribution in [0.15, 0.2) is 24.3 Å². The Morgan fingerprint density at radius 3 is 2.54 bits per heavy atom. The Labute approximate surface area is 147 Å². The van der Waals surface area contributed by atoms with E-state index in [0.717, 1.165) is 31.1 Å². The van der Waals surface area contributed by atoms with Gasteiger partial charge in [0.1, 0.15) is 0 Å². The van der Waals surface area contributed by atoms with Gasteiger partial charge in [-0.2, -0.15) is 0 Å². The summed E-state index contributed by atoms with van der Waals surface area (Å²) < 4.78 is 0. The third kappa shape index (κ3) is 5.34. The van der Waals surface area contributed by atoms with E-state index in [1.165, 1.54) is 37.8 Å². The largest absolute Gasteiger partial charge is 0.352 e. The molecule has 0 spiro atoms. The van der Waals surface area contributed by atoms with Crippen LogP contribution < -0.4 is 5.32 Å². The molecule has 1 heterocycles. The number of carbonyl (C=O) groups is 1. The van der Waals surface area contributed by atoms with E-state index >= 15 is 0 Å². The predicted molar refractivity (Wildman–Crippen MR) is 102 cm³/mol. The second-order valence-corrected chi connectivity index (χ2v) is 8.03. The summed E-state index contributed by atoms with van der Waals surface area (Å²) in [5.74, 6) is 0.0427. The van der Waals surface area contributed by atoms with E-state index in [1.807, 2.05) is 12.1 Å². The number of amides is 1. The Morgan fingerprint density at radius 2 is 1.92 bits per heavy atom. The second kappa shape index (κ2) is 8.66. The van der Waals surface area contributed by atoms with Crippen LogP contribution in [0, 0.1) is 0 Å². The second-order valence-electron chi connectivity index (χ2n) is 8.03. The molecule has 3 heteroatoms. The molecule has 1 saturated heterocycles. The van der Waals surface area contributed by atoms with Crippen molar-refractivity contribution in [3.8, 4) is 0 Å². The summed E-state index contributed by atoms with van der Waals surface area (Å²) in [6, 6.07) is 8.75. The molecule has 1 atom stereocenters. The molecule has 24 heavy (non-hydrogen) atoms. The first-order chi connectivity index (χ1) is 11.4. The van der Waals surface area contributed by atoms with E-state index in [2.05, 4.69) is 50.0 Å². The Bertz CT molecular complexity index is 516. The van der Waals surface area contributed by atoms with Gasteiger partial charge in [-0.25, -0.2) is 0 Å². The number of hydrogen-bond donors (Lipinski definition) is 1. The summed E-state index contributed by atoms with van der Waals surface area (Å²) in [5, 5.41) is 3.06. The molecular weight excluding hydrogens is 296 g/mol. The molecule has 2 rings (SSSR count). The van der Waals surface area contributed by atoms with Gasteiger partial charge in [-0.15, -0.1) is 0 Å². The Balaban J connectivity index is 1.75. The lowest BCUT2D eigenvalue weighted by molar-refractivity contribution is 0.0947. The number of nitrogens with zero attached hydrogens (tertiary/aromatic N) is 1. The lowest BCUT2D eigenvalue weighted by Crippen LogP contribution is -2.40. The van der Waals surface area contributed by atoms with Gasteiger partial charge in [0, 0.05) is 24.7 Å². The van der Waals surface area contributed by atoms with Gasteiger partial charge in [-0.3, -0.25) is 4.79 Å². The summed E-state index contributed by atoms with van der Waals surface area (Å²) in [6.45, 7) is 11.9. The van der Waals surface area contributed by atoms with E-state index in [9.17, 15) is 4.79 Å². The van der Waals surface area contributed by atoms with Gasteiger partial charge < -0.3 is 10.2 Å². The minimum Gasteiger partial charge on any atom is -0.352 e. The molecule has 1 aliphatic heterocycles. The molecule has 0 unspecified atom stereocenters. The van der Waals surface area contributed by atoms with E-state index in [-0.39, 0.29) is 11.3 Å². The van der Waals surface area contributed by atoms with Crippen LogP contribution in [0.1, 0.15) is 75.7 Å². The van der Waals surface area contributed by atoms with Crippen molar-refractivity contribution in [2.24, 2.45) is 0 Å². The molecule has 0 bridgehead atoms. The van der Waals surface area contributed by atoms with Crippen LogP contribution in [0.4, 0.5) is 0 Å². The van der Waals surface area contributed by atoms with Crippen LogP contribution in [0.2, 0.25) is 0 Å². The molecule has 0 aliphatic carbocycles. The van der Waals surface area contributed by atoms with E-state index in [0.29, 0.717) is 0 Å². The monoisotopic (exact) mass is 330 g/mol. The van der Waals surface area contributed by atoms with Gasteiger partial charge in [-0.1, -0.05) is 46.2 Å². The number of carbonyl (C=O) groups excluding carboxylic acids is 1. The maximum atomic E-state index is 12.3. The molecule has 1 aliphatic rings. The lowest BCUT2D eigenvalue weighted by atomic mass is 9.87. The van der Waals surface area contributed by atoms with Gasteiger partial charge in [0.25, 0.3) is 5.91 Å². The zero-order chi connectivity index (χ0) is 17.6. The highest BCUT2D eigenvalue weighted by molar-refractivity contribution is 5.94. The van der Waals surface area contributed by atoms with Crippen LogP contribution in [-0.4, -0.2) is 36.5 Å². The summed E-state index contributed by atoms with van der Waals surface area (Å²) >= 11 is 0. The van der Waals surface area contributed by atoms with E-state index in [4.69, 9.17) is 0 Å². The van der Waals surface area contributed by atoms with Gasteiger partial charge in [0.05, 0.1) is 0 Å². The molecular formula is C21H34N2O. The van der Waals surface area contributed by atoms with Crippen LogP contribution in [0.25, 0.3) is 0 Å². The fourth-order valence-corrected chi connectivity index (χ4v) is 3.52. The topological polar surface area (TPSA) is 32.3 Å². The zero-order valence-electron chi connectivity index (χ0n) is 15.9. The van der Waals surface area contributed by atoms with E-state index < -0.39 is 0 Å². The molecule has 134 valence electrons. The molecule has 1 aromatic rings. The van der Waals surface area contributed by atoms with Crippen molar-refractivity contribution in [3.05, 3.63) is 35.4 Å². The van der Waals surface area contributed by atoms with Crippen molar-refractivity contribution in [3.63, 3.8) is 0 Å². The molecule has 1 fully saturated rings. The van der Waals surface area contributed by atoms with Crippen LogP contribution in [0.5, 0.6) is 0 Å². The van der Waals surface area contributed by atoms with Crippen LogP contribution in [-0.2, 0) is 5.41 Å². The van der Waals surface area contributed by atoms with Crippen molar-refractivity contribution in [1.82, 2.24) is 10.2 Å². The number of hydrogen-bond acceptors (Lipinski definition) is 2. The van der Waals surface area contributed by atoms with Crippen molar-refractivity contribution in [2.45, 2.75) is 71.3 Å². The highest BCUT2D eigenvalue weighted by Crippen LogP contribution is 2.22. The number of benzene rings is 1. The first-order valence-electron chi connectivity index (χ1n) is 9.54. The van der Waals surface area contributed by atoms with Gasteiger partial charge in [0.2, 0.25) is 0 Å². The number of nitrogens with one attached hydrogen (secondary N) is 1. The fourth-order valence-electron chi connectivity index (χ4n) is 3.52. The highest BCUT2D eigenvalue weighted by Gasteiger charge is 2.20. The molecule has 0 aromatic heterocycles. The first kappa shape index (κ1) is 19.0. The molecule has 0 saturated carbocycles. The molecule has 1 aromatic carbocycles. The predicted octanol–water partition coefficient (Wildman–Crippen LogP) is 4.37. The Hall–Kier alpha value is -1.35. The summed E-state index contributed by atoms with van der Waals surface area (Å²) in [4.78, 5) is 14.9. The minimum atomic E-state index is 0.0427. The highest BCUT2D eigenvalue weighted by atomic mass is 16.1. The van der Waals surface area contributed by atoms with Crippen molar-refractivity contribution in [2.75, 3.05) is 19.6 Å². The van der Waals surface area contributed by atoms with Crippen molar-refractivity contribution >= 4 is 5.91 Å². The quantitative estimate of drug-likeness (QED) is 0.786. The third-order valence-corrected chi connectivity index (χ3v) is 5.14. The fraction of sp³-hybridized carbons (Fsp3) is 0.667. The van der Waals surface area contributed by atoms with Crippen LogP contribution >= 0.6 is 0 Å². The minimum absolute atomic E-state index is 0.0427. The smallest absolute Gasteiger partial charge is 0.251 e. The Morgan fingerprint density at radius 1 is 1.21 bits per heavy atom. The molecule has 3 nitrogen and oxygen atoms in total. The average Bonchev–Trinajstić information content (AvgIpc) is 2.58. The van der Waals surface area contributed by atoms with E-state index in [1.54, 1.807) is 0 Å². The van der Waals surface area contributed by atoms with Crippen molar-refractivity contribution < 1.29 is 4.79 Å². The van der Waals surface area contributed by atoms with Crippen molar-refractivity contribution in [1.29, 1.82) is 0 Å². The Kier molecular flexibility index (Phi) is 6.85. The van der Waals surface area contributed by atoms with Gasteiger partial charge >= 0.3 is 0 Å². The number of rotatable bonds is 6. The molecule has 1 amide bonds. The lowest BCUT2D eigenvalue weighted by Gasteiger charge is -2.35. The molecule has 1 N–H and O–H groups in total. The molecule has 0 radical (unpaired) electrons. The standard InChI is InChI=1S/C21H34N2O/c1-5-19-9-6-7-15-23(19)16-8-14-22-20(24)17-10-12-18(13-11-17)21(2,3)4/h10-13,19H,5-9,14-16H2,1-4H3,(H,22,24)/t19-/m0/s1. The average molecular weight is 331 g/mol. The summed E-state index contributed by atoms with van der Waals surface area (Å²) in [7, 11) is 0. The SMILES string of the molecule is CC[C@H]1CCCCN1CCCNC(=O)c1ccc(C(C)(C)C)cc1. The summed E-state index contributed by atoms with van der Waals surface area (Å²) in [5.41, 5.74) is 2.14. The maximum absolute atomic E-state index is 12.3. The maximum Gasteiger partial charge on any atom is 0.251 e. The number of likely N-dealkylation sites (tertiary alicyclic amines) is 1. The third-order valence-electron chi connectivity index (χ3n) is 5.14. The van der Waals surface area contributed by atoms with Gasteiger partial charge in [0.15, 0.2) is 0 Å². The zero-order valence-corrected chi connectivity index (χ0v) is 15.9.